The number of esters is 1. The number of fused-ring (bicyclic) bond motifs is 1. The van der Waals surface area contributed by atoms with E-state index in [1.807, 2.05) is 35.8 Å². The van der Waals surface area contributed by atoms with Crippen LogP contribution in [0.25, 0.3) is 22.2 Å². The van der Waals surface area contributed by atoms with Crippen molar-refractivity contribution < 1.29 is 28.5 Å². The fourth-order valence-electron chi connectivity index (χ4n) is 5.05. The van der Waals surface area contributed by atoms with Crippen LogP contribution in [0.3, 0.4) is 0 Å². The standard InChI is InChI=1S/C32H34N2O6/c1-3-37-31-33-28-16-10-15-27(30(35)38-22(2)39-32(36)40-26-13-8-5-9-14-26)29(28)34(31)21-23-17-19-25(20-18-23)24-11-6-4-7-12-24/h4,6-7,10-12,15-20,22,26H,3,5,8-9,13-14,21H2,1-2H3. The maximum absolute atomic E-state index is 13.3. The van der Waals surface area contributed by atoms with Crippen LogP contribution in [0.4, 0.5) is 4.79 Å². The average Bonchev–Trinajstić information content (AvgIpc) is 3.31. The van der Waals surface area contributed by atoms with Gasteiger partial charge in [-0.25, -0.2) is 9.59 Å². The summed E-state index contributed by atoms with van der Waals surface area (Å²) in [5, 5.41) is 0. The van der Waals surface area contributed by atoms with E-state index >= 15 is 0 Å². The molecule has 3 aromatic carbocycles. The van der Waals surface area contributed by atoms with Crippen molar-refractivity contribution >= 4 is 23.2 Å². The first-order valence-corrected chi connectivity index (χ1v) is 13.9. The van der Waals surface area contributed by atoms with Gasteiger partial charge in [-0.05, 0) is 61.4 Å². The molecule has 1 heterocycles. The fourth-order valence-corrected chi connectivity index (χ4v) is 5.05. The van der Waals surface area contributed by atoms with Gasteiger partial charge in [-0.2, -0.15) is 4.98 Å². The highest BCUT2D eigenvalue weighted by molar-refractivity contribution is 6.02. The zero-order chi connectivity index (χ0) is 27.9. The van der Waals surface area contributed by atoms with Gasteiger partial charge in [0.25, 0.3) is 6.01 Å². The van der Waals surface area contributed by atoms with E-state index in [2.05, 4.69) is 41.4 Å². The van der Waals surface area contributed by atoms with Crippen molar-refractivity contribution in [1.29, 1.82) is 0 Å². The summed E-state index contributed by atoms with van der Waals surface area (Å²) in [4.78, 5) is 30.1. The third-order valence-corrected chi connectivity index (χ3v) is 6.98. The van der Waals surface area contributed by atoms with Crippen molar-refractivity contribution in [2.75, 3.05) is 6.61 Å². The van der Waals surface area contributed by atoms with Crippen molar-refractivity contribution in [3.8, 4) is 17.1 Å². The Kier molecular flexibility index (Phi) is 8.64. The maximum atomic E-state index is 13.3. The lowest BCUT2D eigenvalue weighted by Crippen LogP contribution is -2.26. The van der Waals surface area contributed by atoms with E-state index in [4.69, 9.17) is 18.9 Å². The second-order valence-corrected chi connectivity index (χ2v) is 9.87. The molecular formula is C32H34N2O6. The molecule has 8 nitrogen and oxygen atoms in total. The number of hydrogen-bond donors (Lipinski definition) is 0. The highest BCUT2D eigenvalue weighted by atomic mass is 16.8. The molecule has 1 aliphatic rings. The van der Waals surface area contributed by atoms with Gasteiger partial charge in [-0.15, -0.1) is 0 Å². The van der Waals surface area contributed by atoms with Crippen LogP contribution in [0, 0.1) is 0 Å². The van der Waals surface area contributed by atoms with Gasteiger partial charge in [0.15, 0.2) is 0 Å². The van der Waals surface area contributed by atoms with Crippen LogP contribution in [0.1, 0.15) is 61.9 Å². The van der Waals surface area contributed by atoms with Crippen LogP contribution >= 0.6 is 0 Å². The molecule has 0 saturated heterocycles. The van der Waals surface area contributed by atoms with Crippen molar-refractivity contribution in [3.05, 3.63) is 83.9 Å². The first-order valence-electron chi connectivity index (χ1n) is 13.9. The number of ether oxygens (including phenoxy) is 4. The zero-order valence-corrected chi connectivity index (χ0v) is 22.9. The second-order valence-electron chi connectivity index (χ2n) is 9.87. The van der Waals surface area contributed by atoms with Gasteiger partial charge in [-0.3, -0.25) is 4.57 Å². The molecular weight excluding hydrogens is 508 g/mol. The number of hydrogen-bond acceptors (Lipinski definition) is 7. The molecule has 4 aromatic rings. The van der Waals surface area contributed by atoms with Gasteiger partial charge >= 0.3 is 12.1 Å². The first kappa shape index (κ1) is 27.2. The predicted octanol–water partition coefficient (Wildman–Crippen LogP) is 7.14. The lowest BCUT2D eigenvalue weighted by atomic mass is 9.98. The molecule has 1 fully saturated rings. The molecule has 0 amide bonds. The number of carbonyl (C=O) groups excluding carboxylic acids is 2. The summed E-state index contributed by atoms with van der Waals surface area (Å²) in [6.45, 7) is 4.24. The third-order valence-electron chi connectivity index (χ3n) is 6.98. The first-order chi connectivity index (χ1) is 19.5. The molecule has 0 N–H and O–H groups in total. The topological polar surface area (TPSA) is 88.9 Å². The van der Waals surface area contributed by atoms with Gasteiger partial charge in [0, 0.05) is 6.92 Å². The Bertz CT molecular complexity index is 1440. The number of benzene rings is 3. The monoisotopic (exact) mass is 542 g/mol. The average molecular weight is 543 g/mol. The van der Waals surface area contributed by atoms with Crippen molar-refractivity contribution in [2.24, 2.45) is 0 Å². The fraction of sp³-hybridized carbons (Fsp3) is 0.344. The van der Waals surface area contributed by atoms with Crippen molar-refractivity contribution in [2.45, 2.75) is 64.9 Å². The van der Waals surface area contributed by atoms with Crippen LogP contribution in [-0.4, -0.2) is 40.7 Å². The van der Waals surface area contributed by atoms with Gasteiger partial charge in [0.2, 0.25) is 6.29 Å². The van der Waals surface area contributed by atoms with Gasteiger partial charge < -0.3 is 18.9 Å². The molecule has 0 aliphatic heterocycles. The minimum atomic E-state index is -1.12. The molecule has 0 radical (unpaired) electrons. The van der Waals surface area contributed by atoms with Gasteiger partial charge in [-0.1, -0.05) is 67.1 Å². The molecule has 1 unspecified atom stereocenters. The summed E-state index contributed by atoms with van der Waals surface area (Å²) < 4.78 is 23.8. The van der Waals surface area contributed by atoms with Crippen molar-refractivity contribution in [1.82, 2.24) is 9.55 Å². The Hall–Kier alpha value is -4.33. The van der Waals surface area contributed by atoms with Gasteiger partial charge in [0.05, 0.1) is 29.7 Å². The lowest BCUT2D eigenvalue weighted by Gasteiger charge is -2.22. The summed E-state index contributed by atoms with van der Waals surface area (Å²) in [6, 6.07) is 24.1. The number of para-hydroxylation sites is 1. The highest BCUT2D eigenvalue weighted by Crippen LogP contribution is 2.28. The Morgan fingerprint density at radius 1 is 0.900 bits per heavy atom. The molecule has 1 atom stereocenters. The summed E-state index contributed by atoms with van der Waals surface area (Å²) in [5.74, 6) is -0.632. The number of carbonyl (C=O) groups is 2. The lowest BCUT2D eigenvalue weighted by molar-refractivity contribution is -0.0914. The largest absolute Gasteiger partial charge is 0.511 e. The summed E-state index contributed by atoms with van der Waals surface area (Å²) >= 11 is 0. The van der Waals surface area contributed by atoms with E-state index in [1.54, 1.807) is 12.1 Å². The van der Waals surface area contributed by atoms with Crippen molar-refractivity contribution in [3.63, 3.8) is 0 Å². The molecule has 1 aliphatic carbocycles. The smallest absolute Gasteiger partial charge is 0.465 e. The van der Waals surface area contributed by atoms with Gasteiger partial charge in [0.1, 0.15) is 6.10 Å². The molecule has 0 bridgehead atoms. The molecule has 1 aromatic heterocycles. The quantitative estimate of drug-likeness (QED) is 0.164. The van der Waals surface area contributed by atoms with Crippen LogP contribution in [0.5, 0.6) is 6.01 Å². The SMILES string of the molecule is CCOc1nc2cccc(C(=O)OC(C)OC(=O)OC3CCCCC3)c2n1Cc1ccc(-c2ccccc2)cc1. The molecule has 8 heteroatoms. The summed E-state index contributed by atoms with van der Waals surface area (Å²) in [7, 11) is 0. The normalized spacial score (nSPS) is 14.4. The summed E-state index contributed by atoms with van der Waals surface area (Å²) in [5.41, 5.74) is 4.76. The molecule has 40 heavy (non-hydrogen) atoms. The Balaban J connectivity index is 1.35. The van der Waals surface area contributed by atoms with Crippen LogP contribution in [-0.2, 0) is 20.8 Å². The number of nitrogens with zero attached hydrogens (tertiary/aromatic N) is 2. The molecule has 1 saturated carbocycles. The van der Waals surface area contributed by atoms with E-state index in [1.165, 1.54) is 6.92 Å². The minimum absolute atomic E-state index is 0.147. The van der Waals surface area contributed by atoms with Crippen LogP contribution in [0.15, 0.2) is 72.8 Å². The molecule has 208 valence electrons. The Morgan fingerprint density at radius 3 is 2.35 bits per heavy atom. The number of rotatable bonds is 9. The van der Waals surface area contributed by atoms with E-state index in [9.17, 15) is 9.59 Å². The van der Waals surface area contributed by atoms with E-state index in [0.29, 0.717) is 35.8 Å². The zero-order valence-electron chi connectivity index (χ0n) is 22.9. The van der Waals surface area contributed by atoms with E-state index < -0.39 is 18.4 Å². The van der Waals surface area contributed by atoms with E-state index in [0.717, 1.165) is 48.8 Å². The Morgan fingerprint density at radius 2 is 1.62 bits per heavy atom. The highest BCUT2D eigenvalue weighted by Gasteiger charge is 2.24. The van der Waals surface area contributed by atoms with E-state index in [-0.39, 0.29) is 6.10 Å². The molecule has 0 spiro atoms. The minimum Gasteiger partial charge on any atom is -0.465 e. The van der Waals surface area contributed by atoms with Crippen LogP contribution in [0.2, 0.25) is 0 Å². The maximum Gasteiger partial charge on any atom is 0.511 e. The molecule has 5 rings (SSSR count). The predicted molar refractivity (Wildman–Crippen MR) is 151 cm³/mol. The summed E-state index contributed by atoms with van der Waals surface area (Å²) in [6.07, 6.45) is 2.77. The second kappa shape index (κ2) is 12.7. The third kappa shape index (κ3) is 6.45. The number of aromatic nitrogens is 2. The Labute approximate surface area is 233 Å². The number of imidazole rings is 1. The van der Waals surface area contributed by atoms with Crippen LogP contribution < -0.4 is 4.74 Å².